The number of aromatic nitrogens is 1. The number of hydrogen-bond acceptors (Lipinski definition) is 3. The van der Waals surface area contributed by atoms with E-state index in [4.69, 9.17) is 4.74 Å². The number of fused-ring (bicyclic) bond motifs is 1. The van der Waals surface area contributed by atoms with E-state index >= 15 is 0 Å². The van der Waals surface area contributed by atoms with Crippen molar-refractivity contribution in [2.24, 2.45) is 0 Å². The first-order chi connectivity index (χ1) is 10.2. The van der Waals surface area contributed by atoms with Gasteiger partial charge in [-0.3, -0.25) is 9.78 Å². The van der Waals surface area contributed by atoms with Crippen LogP contribution in [0.3, 0.4) is 0 Å². The number of carbonyl (C=O) groups excluding carboxylic acids is 1. The summed E-state index contributed by atoms with van der Waals surface area (Å²) in [6.45, 7) is 1.95. The Morgan fingerprint density at radius 3 is 2.38 bits per heavy atom. The molecule has 0 atom stereocenters. The molecule has 0 saturated heterocycles. The quantitative estimate of drug-likeness (QED) is 0.684. The Morgan fingerprint density at radius 1 is 0.952 bits per heavy atom. The summed E-state index contributed by atoms with van der Waals surface area (Å²) in [5.41, 5.74) is 3.19. The van der Waals surface area contributed by atoms with Gasteiger partial charge in [0.25, 0.3) is 0 Å². The predicted molar refractivity (Wildman–Crippen MR) is 82.9 cm³/mol. The molecule has 3 rings (SSSR count). The standard InChI is InChI=1S/C18H15NO2/c1-12-3-4-14-11-15(7-10-17(14)19-12)18(20)13-5-8-16(21-2)9-6-13/h3-11H,1-2H3. The third-order valence-electron chi connectivity index (χ3n) is 3.44. The summed E-state index contributed by atoms with van der Waals surface area (Å²) in [6.07, 6.45) is 0. The number of hydrogen-bond donors (Lipinski definition) is 0. The van der Waals surface area contributed by atoms with Crippen molar-refractivity contribution in [3.63, 3.8) is 0 Å². The third-order valence-corrected chi connectivity index (χ3v) is 3.44. The fourth-order valence-electron chi connectivity index (χ4n) is 2.28. The summed E-state index contributed by atoms with van der Waals surface area (Å²) >= 11 is 0. The average molecular weight is 277 g/mol. The van der Waals surface area contributed by atoms with E-state index in [9.17, 15) is 4.79 Å². The molecule has 0 bridgehead atoms. The number of ketones is 1. The Labute approximate surface area is 123 Å². The van der Waals surface area contributed by atoms with Crippen LogP contribution in [0.5, 0.6) is 5.75 Å². The normalized spacial score (nSPS) is 10.6. The van der Waals surface area contributed by atoms with Crippen LogP contribution in [0.15, 0.2) is 54.6 Å². The minimum atomic E-state index is 0.000119. The van der Waals surface area contributed by atoms with Crippen LogP contribution < -0.4 is 4.74 Å². The minimum Gasteiger partial charge on any atom is -0.497 e. The Bertz CT molecular complexity index is 807. The van der Waals surface area contributed by atoms with E-state index in [2.05, 4.69) is 4.98 Å². The fraction of sp³-hybridized carbons (Fsp3) is 0.111. The number of pyridine rings is 1. The molecular formula is C18H15NO2. The van der Waals surface area contributed by atoms with Crippen molar-refractivity contribution in [3.05, 3.63) is 71.4 Å². The second kappa shape index (κ2) is 5.37. The van der Waals surface area contributed by atoms with E-state index in [0.29, 0.717) is 11.1 Å². The molecule has 0 aliphatic heterocycles. The molecule has 0 radical (unpaired) electrons. The van der Waals surface area contributed by atoms with Gasteiger partial charge in [-0.25, -0.2) is 0 Å². The Balaban J connectivity index is 1.98. The second-order valence-electron chi connectivity index (χ2n) is 4.92. The molecule has 0 fully saturated rings. The van der Waals surface area contributed by atoms with Gasteiger partial charge in [0.1, 0.15) is 5.75 Å². The summed E-state index contributed by atoms with van der Waals surface area (Å²) in [4.78, 5) is 16.9. The zero-order valence-electron chi connectivity index (χ0n) is 12.0. The van der Waals surface area contributed by atoms with Crippen molar-refractivity contribution in [1.82, 2.24) is 4.98 Å². The van der Waals surface area contributed by atoms with Gasteiger partial charge < -0.3 is 4.74 Å². The zero-order valence-corrected chi connectivity index (χ0v) is 12.0. The Kier molecular flexibility index (Phi) is 3.40. The minimum absolute atomic E-state index is 0.000119. The number of carbonyl (C=O) groups is 1. The van der Waals surface area contributed by atoms with Gasteiger partial charge in [-0.2, -0.15) is 0 Å². The molecule has 3 heteroatoms. The van der Waals surface area contributed by atoms with Crippen LogP contribution in [0.2, 0.25) is 0 Å². The number of aryl methyl sites for hydroxylation is 1. The van der Waals surface area contributed by atoms with Crippen LogP contribution in [0.4, 0.5) is 0 Å². The highest BCUT2D eigenvalue weighted by atomic mass is 16.5. The van der Waals surface area contributed by atoms with E-state index < -0.39 is 0 Å². The highest BCUT2D eigenvalue weighted by Gasteiger charge is 2.10. The van der Waals surface area contributed by atoms with Gasteiger partial charge in [0.15, 0.2) is 5.78 Å². The molecule has 104 valence electrons. The molecule has 1 aromatic heterocycles. The molecule has 0 aliphatic carbocycles. The summed E-state index contributed by atoms with van der Waals surface area (Å²) in [7, 11) is 1.61. The highest BCUT2D eigenvalue weighted by Crippen LogP contribution is 2.19. The molecule has 0 saturated carbocycles. The summed E-state index contributed by atoms with van der Waals surface area (Å²) in [6, 6.07) is 16.7. The molecule has 0 N–H and O–H groups in total. The molecule has 1 heterocycles. The van der Waals surface area contributed by atoms with Gasteiger partial charge in [0.2, 0.25) is 0 Å². The monoisotopic (exact) mass is 277 g/mol. The smallest absolute Gasteiger partial charge is 0.193 e. The Hall–Kier alpha value is -2.68. The molecule has 0 spiro atoms. The second-order valence-corrected chi connectivity index (χ2v) is 4.92. The van der Waals surface area contributed by atoms with Crippen LogP contribution >= 0.6 is 0 Å². The first kappa shape index (κ1) is 13.3. The lowest BCUT2D eigenvalue weighted by Gasteiger charge is -2.05. The number of methoxy groups -OCH3 is 1. The number of nitrogens with zero attached hydrogens (tertiary/aromatic N) is 1. The molecule has 0 amide bonds. The maximum atomic E-state index is 12.5. The zero-order chi connectivity index (χ0) is 14.8. The lowest BCUT2D eigenvalue weighted by molar-refractivity contribution is 0.103. The van der Waals surface area contributed by atoms with E-state index in [1.54, 1.807) is 31.4 Å². The van der Waals surface area contributed by atoms with E-state index in [1.807, 2.05) is 37.3 Å². The first-order valence-corrected chi connectivity index (χ1v) is 6.73. The van der Waals surface area contributed by atoms with Crippen molar-refractivity contribution in [2.75, 3.05) is 7.11 Å². The van der Waals surface area contributed by atoms with Crippen molar-refractivity contribution in [1.29, 1.82) is 0 Å². The van der Waals surface area contributed by atoms with E-state index in [0.717, 1.165) is 22.3 Å². The summed E-state index contributed by atoms with van der Waals surface area (Å²) in [5, 5.41) is 0.972. The molecular weight excluding hydrogens is 262 g/mol. The topological polar surface area (TPSA) is 39.2 Å². The first-order valence-electron chi connectivity index (χ1n) is 6.73. The van der Waals surface area contributed by atoms with Gasteiger partial charge in [-0.15, -0.1) is 0 Å². The highest BCUT2D eigenvalue weighted by molar-refractivity contribution is 6.10. The van der Waals surface area contributed by atoms with Crippen molar-refractivity contribution >= 4 is 16.7 Å². The SMILES string of the molecule is COc1ccc(C(=O)c2ccc3nc(C)ccc3c2)cc1. The van der Waals surface area contributed by atoms with E-state index in [-0.39, 0.29) is 5.78 Å². The van der Waals surface area contributed by atoms with Gasteiger partial charge in [-0.1, -0.05) is 6.07 Å². The largest absolute Gasteiger partial charge is 0.497 e. The molecule has 21 heavy (non-hydrogen) atoms. The maximum absolute atomic E-state index is 12.5. The number of ether oxygens (including phenoxy) is 1. The van der Waals surface area contributed by atoms with Crippen LogP contribution in [-0.2, 0) is 0 Å². The lowest BCUT2D eigenvalue weighted by Crippen LogP contribution is -2.01. The fourth-order valence-corrected chi connectivity index (χ4v) is 2.28. The summed E-state index contributed by atoms with van der Waals surface area (Å²) < 4.78 is 5.10. The average Bonchev–Trinajstić information content (AvgIpc) is 2.53. The molecule has 0 unspecified atom stereocenters. The predicted octanol–water partition coefficient (Wildman–Crippen LogP) is 3.78. The molecule has 0 aliphatic rings. The van der Waals surface area contributed by atoms with Gasteiger partial charge in [-0.05, 0) is 55.5 Å². The van der Waals surface area contributed by atoms with Crippen LogP contribution in [-0.4, -0.2) is 17.9 Å². The number of rotatable bonds is 3. The van der Waals surface area contributed by atoms with Crippen molar-refractivity contribution in [3.8, 4) is 5.75 Å². The third kappa shape index (κ3) is 2.63. The van der Waals surface area contributed by atoms with Crippen LogP contribution in [0, 0.1) is 6.92 Å². The van der Waals surface area contributed by atoms with Gasteiger partial charge in [0, 0.05) is 22.2 Å². The molecule has 3 nitrogen and oxygen atoms in total. The summed E-state index contributed by atoms with van der Waals surface area (Å²) in [5.74, 6) is 0.741. The molecule has 2 aromatic carbocycles. The number of benzene rings is 2. The van der Waals surface area contributed by atoms with Gasteiger partial charge >= 0.3 is 0 Å². The van der Waals surface area contributed by atoms with Crippen molar-refractivity contribution in [2.45, 2.75) is 6.92 Å². The van der Waals surface area contributed by atoms with Gasteiger partial charge in [0.05, 0.1) is 12.6 Å². The lowest BCUT2D eigenvalue weighted by atomic mass is 10.0. The van der Waals surface area contributed by atoms with Crippen LogP contribution in [0.1, 0.15) is 21.6 Å². The van der Waals surface area contributed by atoms with E-state index in [1.165, 1.54) is 0 Å². The van der Waals surface area contributed by atoms with Crippen LogP contribution in [0.25, 0.3) is 10.9 Å². The maximum Gasteiger partial charge on any atom is 0.193 e. The molecule has 3 aromatic rings. The van der Waals surface area contributed by atoms with Crippen molar-refractivity contribution < 1.29 is 9.53 Å². The Morgan fingerprint density at radius 2 is 1.67 bits per heavy atom.